The summed E-state index contributed by atoms with van der Waals surface area (Å²) in [7, 11) is 0. The van der Waals surface area contributed by atoms with Crippen LogP contribution in [-0.2, 0) is 4.79 Å². The van der Waals surface area contributed by atoms with Crippen LogP contribution in [0.1, 0.15) is 24.8 Å². The maximum atomic E-state index is 13.0. The summed E-state index contributed by atoms with van der Waals surface area (Å²) in [5, 5.41) is 5.99. The van der Waals surface area contributed by atoms with Gasteiger partial charge in [0.2, 0.25) is 5.91 Å². The first kappa shape index (κ1) is 12.0. The highest BCUT2D eigenvalue weighted by Crippen LogP contribution is 2.18. The lowest BCUT2D eigenvalue weighted by molar-refractivity contribution is -0.116. The van der Waals surface area contributed by atoms with E-state index in [-0.39, 0.29) is 11.7 Å². The molecule has 0 spiro atoms. The smallest absolute Gasteiger partial charge is 0.225 e. The fourth-order valence-corrected chi connectivity index (χ4v) is 1.62. The maximum absolute atomic E-state index is 13.0. The quantitative estimate of drug-likeness (QED) is 0.823. The van der Waals surface area contributed by atoms with Crippen molar-refractivity contribution >= 4 is 11.6 Å². The van der Waals surface area contributed by atoms with E-state index in [0.717, 1.165) is 5.56 Å². The highest BCUT2D eigenvalue weighted by molar-refractivity contribution is 5.91. The van der Waals surface area contributed by atoms with Gasteiger partial charge in [0.15, 0.2) is 0 Å². The van der Waals surface area contributed by atoms with Crippen molar-refractivity contribution in [3.8, 4) is 0 Å². The second kappa shape index (κ2) is 5.27. The molecule has 1 amide bonds. The SMILES string of the molecule is Cc1ccc(F)cc1NC(=O)CCNC1CC1. The van der Waals surface area contributed by atoms with Gasteiger partial charge in [-0.05, 0) is 37.5 Å². The van der Waals surface area contributed by atoms with E-state index in [1.54, 1.807) is 6.07 Å². The molecule has 0 unspecified atom stereocenters. The van der Waals surface area contributed by atoms with Crippen molar-refractivity contribution in [1.29, 1.82) is 0 Å². The molecule has 4 heteroatoms. The van der Waals surface area contributed by atoms with Crippen LogP contribution < -0.4 is 10.6 Å². The minimum Gasteiger partial charge on any atom is -0.326 e. The Morgan fingerprint density at radius 1 is 1.47 bits per heavy atom. The zero-order chi connectivity index (χ0) is 12.3. The minimum atomic E-state index is -0.331. The van der Waals surface area contributed by atoms with Crippen molar-refractivity contribution in [3.63, 3.8) is 0 Å². The summed E-state index contributed by atoms with van der Waals surface area (Å²) in [6, 6.07) is 5.01. The van der Waals surface area contributed by atoms with Gasteiger partial charge in [0.05, 0.1) is 0 Å². The first-order chi connectivity index (χ1) is 8.15. The van der Waals surface area contributed by atoms with Gasteiger partial charge in [-0.15, -0.1) is 0 Å². The highest BCUT2D eigenvalue weighted by Gasteiger charge is 2.20. The molecular formula is C13H17FN2O. The van der Waals surface area contributed by atoms with Crippen molar-refractivity contribution < 1.29 is 9.18 Å². The van der Waals surface area contributed by atoms with Crippen molar-refractivity contribution in [1.82, 2.24) is 5.32 Å². The molecule has 1 aliphatic carbocycles. The topological polar surface area (TPSA) is 41.1 Å². The van der Waals surface area contributed by atoms with E-state index in [9.17, 15) is 9.18 Å². The number of benzene rings is 1. The Kier molecular flexibility index (Phi) is 3.74. The molecule has 0 saturated heterocycles. The second-order valence-corrected chi connectivity index (χ2v) is 4.49. The molecule has 2 rings (SSSR count). The van der Waals surface area contributed by atoms with Gasteiger partial charge in [-0.3, -0.25) is 4.79 Å². The Morgan fingerprint density at radius 2 is 2.24 bits per heavy atom. The van der Waals surface area contributed by atoms with Gasteiger partial charge in [0, 0.05) is 24.7 Å². The van der Waals surface area contributed by atoms with Crippen LogP contribution in [0.5, 0.6) is 0 Å². The van der Waals surface area contributed by atoms with Crippen LogP contribution in [0, 0.1) is 12.7 Å². The lowest BCUT2D eigenvalue weighted by Crippen LogP contribution is -2.23. The number of anilines is 1. The van der Waals surface area contributed by atoms with Crippen LogP contribution in [0.15, 0.2) is 18.2 Å². The van der Waals surface area contributed by atoms with Gasteiger partial charge in [0.25, 0.3) is 0 Å². The van der Waals surface area contributed by atoms with E-state index in [1.807, 2.05) is 6.92 Å². The third-order valence-electron chi connectivity index (χ3n) is 2.84. The number of carbonyl (C=O) groups excluding carboxylic acids is 1. The summed E-state index contributed by atoms with van der Waals surface area (Å²) in [5.74, 6) is -0.408. The number of nitrogens with one attached hydrogen (secondary N) is 2. The molecule has 2 N–H and O–H groups in total. The van der Waals surface area contributed by atoms with Crippen molar-refractivity contribution in [2.75, 3.05) is 11.9 Å². The summed E-state index contributed by atoms with van der Waals surface area (Å²) in [5.41, 5.74) is 1.43. The predicted octanol–water partition coefficient (Wildman–Crippen LogP) is 2.21. The van der Waals surface area contributed by atoms with Crippen LogP contribution in [-0.4, -0.2) is 18.5 Å². The van der Waals surface area contributed by atoms with E-state index in [1.165, 1.54) is 25.0 Å². The molecule has 92 valence electrons. The molecule has 17 heavy (non-hydrogen) atoms. The Hall–Kier alpha value is -1.42. The van der Waals surface area contributed by atoms with E-state index in [0.29, 0.717) is 24.7 Å². The number of hydrogen-bond donors (Lipinski definition) is 2. The molecule has 3 nitrogen and oxygen atoms in total. The number of halogens is 1. The molecule has 1 aromatic carbocycles. The standard InChI is InChI=1S/C13H17FN2O/c1-9-2-3-10(14)8-12(9)16-13(17)6-7-15-11-4-5-11/h2-3,8,11,15H,4-7H2,1H3,(H,16,17). The van der Waals surface area contributed by atoms with E-state index in [4.69, 9.17) is 0 Å². The van der Waals surface area contributed by atoms with Crippen LogP contribution >= 0.6 is 0 Å². The Morgan fingerprint density at radius 3 is 2.94 bits per heavy atom. The zero-order valence-corrected chi connectivity index (χ0v) is 9.92. The fourth-order valence-electron chi connectivity index (χ4n) is 1.62. The largest absolute Gasteiger partial charge is 0.326 e. The molecule has 1 fully saturated rings. The Labute approximate surface area is 100 Å². The molecule has 1 saturated carbocycles. The van der Waals surface area contributed by atoms with Crippen molar-refractivity contribution in [3.05, 3.63) is 29.6 Å². The third kappa shape index (κ3) is 3.82. The summed E-state index contributed by atoms with van der Waals surface area (Å²) in [4.78, 5) is 11.6. The molecule has 1 aromatic rings. The van der Waals surface area contributed by atoms with E-state index in [2.05, 4.69) is 10.6 Å². The lowest BCUT2D eigenvalue weighted by Gasteiger charge is -2.08. The maximum Gasteiger partial charge on any atom is 0.225 e. The van der Waals surface area contributed by atoms with E-state index < -0.39 is 0 Å². The number of aryl methyl sites for hydroxylation is 1. The van der Waals surface area contributed by atoms with Crippen molar-refractivity contribution in [2.45, 2.75) is 32.2 Å². The molecule has 0 heterocycles. The molecule has 0 bridgehead atoms. The minimum absolute atomic E-state index is 0.0770. The first-order valence-electron chi connectivity index (χ1n) is 5.94. The third-order valence-corrected chi connectivity index (χ3v) is 2.84. The van der Waals surface area contributed by atoms with Crippen LogP contribution in [0.3, 0.4) is 0 Å². The summed E-state index contributed by atoms with van der Waals surface area (Å²) in [6.07, 6.45) is 2.85. The van der Waals surface area contributed by atoms with Gasteiger partial charge in [0.1, 0.15) is 5.82 Å². The fraction of sp³-hybridized carbons (Fsp3) is 0.462. The van der Waals surface area contributed by atoms with Gasteiger partial charge in [-0.25, -0.2) is 4.39 Å². The molecule has 0 aliphatic heterocycles. The summed E-state index contributed by atoms with van der Waals surface area (Å²) < 4.78 is 13.0. The number of carbonyl (C=O) groups is 1. The normalized spacial score (nSPS) is 14.7. The number of rotatable bonds is 5. The Balaban J connectivity index is 1.81. The van der Waals surface area contributed by atoms with Gasteiger partial charge in [-0.1, -0.05) is 6.07 Å². The van der Waals surface area contributed by atoms with Gasteiger partial charge < -0.3 is 10.6 Å². The van der Waals surface area contributed by atoms with Gasteiger partial charge in [-0.2, -0.15) is 0 Å². The molecular weight excluding hydrogens is 219 g/mol. The van der Waals surface area contributed by atoms with Crippen LogP contribution in [0.2, 0.25) is 0 Å². The van der Waals surface area contributed by atoms with Crippen LogP contribution in [0.25, 0.3) is 0 Å². The molecule has 0 radical (unpaired) electrons. The molecule has 0 atom stereocenters. The zero-order valence-electron chi connectivity index (χ0n) is 9.92. The predicted molar refractivity (Wildman–Crippen MR) is 65.4 cm³/mol. The second-order valence-electron chi connectivity index (χ2n) is 4.49. The van der Waals surface area contributed by atoms with E-state index >= 15 is 0 Å². The van der Waals surface area contributed by atoms with Crippen LogP contribution in [0.4, 0.5) is 10.1 Å². The molecule has 1 aliphatic rings. The van der Waals surface area contributed by atoms with Crippen molar-refractivity contribution in [2.24, 2.45) is 0 Å². The lowest BCUT2D eigenvalue weighted by atomic mass is 10.2. The number of hydrogen-bond acceptors (Lipinski definition) is 2. The first-order valence-corrected chi connectivity index (χ1v) is 5.94. The number of amides is 1. The highest BCUT2D eigenvalue weighted by atomic mass is 19.1. The molecule has 0 aromatic heterocycles. The monoisotopic (exact) mass is 236 g/mol. The Bertz CT molecular complexity index is 416. The summed E-state index contributed by atoms with van der Waals surface area (Å²) in [6.45, 7) is 2.53. The average molecular weight is 236 g/mol. The van der Waals surface area contributed by atoms with Gasteiger partial charge >= 0.3 is 0 Å². The summed E-state index contributed by atoms with van der Waals surface area (Å²) >= 11 is 0. The average Bonchev–Trinajstić information content (AvgIpc) is 3.07.